The summed E-state index contributed by atoms with van der Waals surface area (Å²) in [5.74, 6) is 0.702. The lowest BCUT2D eigenvalue weighted by Gasteiger charge is -2.34. The van der Waals surface area contributed by atoms with E-state index < -0.39 is 0 Å². The number of carbonyl (C=O) groups excluding carboxylic acids is 2. The maximum Gasteiger partial charge on any atom is 0.257 e. The Hall–Kier alpha value is -2.76. The van der Waals surface area contributed by atoms with Crippen molar-refractivity contribution in [2.24, 2.45) is 0 Å². The first-order valence-corrected chi connectivity index (χ1v) is 8.04. The molecular weight excluding hydrogens is 308 g/mol. The molecule has 3 rings (SSSR count). The second kappa shape index (κ2) is 6.78. The van der Waals surface area contributed by atoms with Crippen LogP contribution < -0.4 is 0 Å². The number of hydrogen-bond donors (Lipinski definition) is 1. The van der Waals surface area contributed by atoms with Gasteiger partial charge < -0.3 is 19.3 Å². The van der Waals surface area contributed by atoms with E-state index in [1.165, 1.54) is 18.4 Å². The predicted octanol–water partition coefficient (Wildman–Crippen LogP) is 2.15. The Morgan fingerprint density at radius 2 is 1.58 bits per heavy atom. The zero-order chi connectivity index (χ0) is 17.1. The van der Waals surface area contributed by atoms with Crippen LogP contribution in [0.5, 0.6) is 5.75 Å². The molecule has 1 aromatic heterocycles. The summed E-state index contributed by atoms with van der Waals surface area (Å²) >= 11 is 0. The molecule has 1 aliphatic rings. The fraction of sp³-hybridized carbons (Fsp3) is 0.333. The largest absolute Gasteiger partial charge is 0.508 e. The SMILES string of the molecule is CCc1occc1C(=O)N1CCN(C(=O)c2ccc(O)cc2)CC1. The van der Waals surface area contributed by atoms with Crippen LogP contribution >= 0.6 is 0 Å². The van der Waals surface area contributed by atoms with Crippen molar-refractivity contribution in [3.8, 4) is 5.75 Å². The molecule has 1 N–H and O–H groups in total. The highest BCUT2D eigenvalue weighted by Gasteiger charge is 2.27. The summed E-state index contributed by atoms with van der Waals surface area (Å²) in [5, 5.41) is 9.30. The van der Waals surface area contributed by atoms with Crippen LogP contribution in [0.2, 0.25) is 0 Å². The van der Waals surface area contributed by atoms with Gasteiger partial charge in [0.2, 0.25) is 0 Å². The molecule has 0 aliphatic carbocycles. The van der Waals surface area contributed by atoms with E-state index in [1.54, 1.807) is 28.0 Å². The molecule has 6 heteroatoms. The van der Waals surface area contributed by atoms with Gasteiger partial charge in [0.25, 0.3) is 11.8 Å². The molecule has 0 radical (unpaired) electrons. The Morgan fingerprint density at radius 1 is 1.00 bits per heavy atom. The lowest BCUT2D eigenvalue weighted by molar-refractivity contribution is 0.0534. The Morgan fingerprint density at radius 3 is 2.17 bits per heavy atom. The molecule has 0 spiro atoms. The van der Waals surface area contributed by atoms with Crippen LogP contribution in [0.1, 0.15) is 33.4 Å². The molecular formula is C18H20N2O4. The first kappa shape index (κ1) is 16.1. The minimum Gasteiger partial charge on any atom is -0.508 e. The molecule has 0 unspecified atom stereocenters. The van der Waals surface area contributed by atoms with Crippen LogP contribution in [-0.2, 0) is 6.42 Å². The first-order valence-electron chi connectivity index (χ1n) is 8.04. The zero-order valence-corrected chi connectivity index (χ0v) is 13.6. The van der Waals surface area contributed by atoms with Gasteiger partial charge in [-0.1, -0.05) is 6.92 Å². The molecule has 1 aliphatic heterocycles. The van der Waals surface area contributed by atoms with Crippen molar-refractivity contribution in [3.05, 3.63) is 53.5 Å². The van der Waals surface area contributed by atoms with E-state index in [1.807, 2.05) is 6.92 Å². The van der Waals surface area contributed by atoms with Gasteiger partial charge in [0.15, 0.2) is 0 Å². The molecule has 2 amide bonds. The number of carbonyl (C=O) groups is 2. The molecule has 1 saturated heterocycles. The average molecular weight is 328 g/mol. The average Bonchev–Trinajstić information content (AvgIpc) is 3.10. The Labute approximate surface area is 140 Å². The summed E-state index contributed by atoms with van der Waals surface area (Å²) in [6.07, 6.45) is 2.21. The van der Waals surface area contributed by atoms with Crippen molar-refractivity contribution in [1.29, 1.82) is 0 Å². The molecule has 0 atom stereocenters. The van der Waals surface area contributed by atoms with Crippen LogP contribution in [0.3, 0.4) is 0 Å². The topological polar surface area (TPSA) is 74.0 Å². The molecule has 6 nitrogen and oxygen atoms in total. The Balaban J connectivity index is 1.62. The van der Waals surface area contributed by atoms with Gasteiger partial charge in [0.05, 0.1) is 11.8 Å². The summed E-state index contributed by atoms with van der Waals surface area (Å²) in [4.78, 5) is 28.5. The van der Waals surface area contributed by atoms with Crippen LogP contribution in [-0.4, -0.2) is 52.9 Å². The molecule has 2 aromatic rings. The number of hydrogen-bond acceptors (Lipinski definition) is 4. The maximum absolute atomic E-state index is 12.6. The summed E-state index contributed by atoms with van der Waals surface area (Å²) < 4.78 is 5.32. The minimum atomic E-state index is -0.0837. The predicted molar refractivity (Wildman–Crippen MR) is 88.0 cm³/mol. The van der Waals surface area contributed by atoms with E-state index in [0.717, 1.165) is 0 Å². The van der Waals surface area contributed by atoms with Crippen molar-refractivity contribution < 1.29 is 19.1 Å². The number of rotatable bonds is 3. The highest BCUT2D eigenvalue weighted by atomic mass is 16.3. The fourth-order valence-electron chi connectivity index (χ4n) is 2.87. The number of aromatic hydroxyl groups is 1. The van der Waals surface area contributed by atoms with Gasteiger partial charge in [0, 0.05) is 38.2 Å². The quantitative estimate of drug-likeness (QED) is 0.937. The summed E-state index contributed by atoms with van der Waals surface area (Å²) in [7, 11) is 0. The van der Waals surface area contributed by atoms with Crippen LogP contribution in [0.25, 0.3) is 0 Å². The number of phenolic OH excluding ortho intramolecular Hbond substituents is 1. The maximum atomic E-state index is 12.6. The minimum absolute atomic E-state index is 0.0441. The normalized spacial score (nSPS) is 14.7. The van der Waals surface area contributed by atoms with E-state index in [9.17, 15) is 14.7 Å². The van der Waals surface area contributed by atoms with Crippen molar-refractivity contribution in [3.63, 3.8) is 0 Å². The third-order valence-corrected chi connectivity index (χ3v) is 4.27. The van der Waals surface area contributed by atoms with Crippen molar-refractivity contribution in [2.45, 2.75) is 13.3 Å². The van der Waals surface area contributed by atoms with E-state index in [4.69, 9.17) is 4.42 Å². The van der Waals surface area contributed by atoms with E-state index in [2.05, 4.69) is 0 Å². The zero-order valence-electron chi connectivity index (χ0n) is 13.6. The summed E-state index contributed by atoms with van der Waals surface area (Å²) in [6, 6.07) is 7.91. The first-order chi connectivity index (χ1) is 11.6. The lowest BCUT2D eigenvalue weighted by Crippen LogP contribution is -2.50. The van der Waals surface area contributed by atoms with Crippen molar-refractivity contribution in [1.82, 2.24) is 9.80 Å². The number of furan rings is 1. The third-order valence-electron chi connectivity index (χ3n) is 4.27. The molecule has 24 heavy (non-hydrogen) atoms. The molecule has 0 bridgehead atoms. The number of amides is 2. The van der Waals surface area contributed by atoms with Crippen molar-refractivity contribution >= 4 is 11.8 Å². The van der Waals surface area contributed by atoms with Gasteiger partial charge in [0.1, 0.15) is 11.5 Å². The van der Waals surface area contributed by atoms with Gasteiger partial charge in [-0.25, -0.2) is 0 Å². The highest BCUT2D eigenvalue weighted by Crippen LogP contribution is 2.17. The van der Waals surface area contributed by atoms with Crippen LogP contribution in [0.15, 0.2) is 41.0 Å². The monoisotopic (exact) mass is 328 g/mol. The van der Waals surface area contributed by atoms with Crippen LogP contribution in [0, 0.1) is 0 Å². The number of aryl methyl sites for hydroxylation is 1. The second-order valence-corrected chi connectivity index (χ2v) is 5.74. The van der Waals surface area contributed by atoms with E-state index in [0.29, 0.717) is 49.5 Å². The van der Waals surface area contributed by atoms with Gasteiger partial charge in [-0.05, 0) is 30.3 Å². The van der Waals surface area contributed by atoms with E-state index in [-0.39, 0.29) is 17.6 Å². The fourth-order valence-corrected chi connectivity index (χ4v) is 2.87. The number of benzene rings is 1. The Bertz CT molecular complexity index is 728. The molecule has 126 valence electrons. The van der Waals surface area contributed by atoms with Crippen LogP contribution in [0.4, 0.5) is 0 Å². The molecule has 1 aromatic carbocycles. The molecule has 2 heterocycles. The summed E-state index contributed by atoms with van der Waals surface area (Å²) in [5.41, 5.74) is 1.14. The van der Waals surface area contributed by atoms with Gasteiger partial charge in [-0.2, -0.15) is 0 Å². The van der Waals surface area contributed by atoms with E-state index >= 15 is 0 Å². The number of nitrogens with zero attached hydrogens (tertiary/aromatic N) is 2. The smallest absolute Gasteiger partial charge is 0.257 e. The molecule has 0 saturated carbocycles. The highest BCUT2D eigenvalue weighted by molar-refractivity contribution is 5.96. The van der Waals surface area contributed by atoms with Gasteiger partial charge in [-0.15, -0.1) is 0 Å². The second-order valence-electron chi connectivity index (χ2n) is 5.74. The number of phenols is 1. The van der Waals surface area contributed by atoms with Gasteiger partial charge in [-0.3, -0.25) is 9.59 Å². The summed E-state index contributed by atoms with van der Waals surface area (Å²) in [6.45, 7) is 3.92. The lowest BCUT2D eigenvalue weighted by atomic mass is 10.1. The van der Waals surface area contributed by atoms with Crippen molar-refractivity contribution in [2.75, 3.05) is 26.2 Å². The third kappa shape index (κ3) is 3.13. The molecule has 1 fully saturated rings. The standard InChI is InChI=1S/C18H20N2O4/c1-2-16-15(7-12-24-16)18(23)20-10-8-19(9-11-20)17(22)13-3-5-14(21)6-4-13/h3-7,12,21H,2,8-11H2,1H3. The number of piperazine rings is 1. The Kier molecular flexibility index (Phi) is 4.55. The van der Waals surface area contributed by atoms with Gasteiger partial charge >= 0.3 is 0 Å².